The summed E-state index contributed by atoms with van der Waals surface area (Å²) in [5.74, 6) is -1.35. The third kappa shape index (κ3) is 3.71. The van der Waals surface area contributed by atoms with Gasteiger partial charge in [-0.25, -0.2) is 8.42 Å². The van der Waals surface area contributed by atoms with E-state index >= 15 is 0 Å². The van der Waals surface area contributed by atoms with E-state index in [0.717, 1.165) is 5.56 Å². The van der Waals surface area contributed by atoms with Crippen molar-refractivity contribution in [2.75, 3.05) is 11.1 Å². The van der Waals surface area contributed by atoms with Crippen LogP contribution in [-0.2, 0) is 14.6 Å². The zero-order valence-electron chi connectivity index (χ0n) is 11.9. The lowest BCUT2D eigenvalue weighted by atomic mass is 10.2. The van der Waals surface area contributed by atoms with Crippen molar-refractivity contribution in [3.63, 3.8) is 0 Å². The van der Waals surface area contributed by atoms with E-state index in [-0.39, 0.29) is 10.5 Å². The number of nitriles is 1. The SMILES string of the molecule is Cc1ccc(S(=O)(=O)CC(=O)Nc2ccccc2C#N)cc1. The molecule has 5 nitrogen and oxygen atoms in total. The molecular formula is C16H14N2O3S. The average molecular weight is 314 g/mol. The highest BCUT2D eigenvalue weighted by atomic mass is 32.2. The molecule has 0 fully saturated rings. The van der Waals surface area contributed by atoms with Crippen LogP contribution in [-0.4, -0.2) is 20.1 Å². The molecule has 2 aromatic carbocycles. The summed E-state index contributed by atoms with van der Waals surface area (Å²) in [6, 6.07) is 14.7. The molecule has 1 amide bonds. The number of hydrogen-bond donors (Lipinski definition) is 1. The molecule has 112 valence electrons. The van der Waals surface area contributed by atoms with Crippen molar-refractivity contribution in [1.82, 2.24) is 0 Å². The molecule has 0 bridgehead atoms. The monoisotopic (exact) mass is 314 g/mol. The second-order valence-electron chi connectivity index (χ2n) is 4.78. The van der Waals surface area contributed by atoms with Gasteiger partial charge in [-0.1, -0.05) is 29.8 Å². The Morgan fingerprint density at radius 1 is 1.14 bits per heavy atom. The minimum Gasteiger partial charge on any atom is -0.324 e. The highest BCUT2D eigenvalue weighted by Gasteiger charge is 2.19. The van der Waals surface area contributed by atoms with Gasteiger partial charge >= 0.3 is 0 Å². The third-order valence-corrected chi connectivity index (χ3v) is 4.66. The van der Waals surface area contributed by atoms with Gasteiger partial charge in [0.25, 0.3) is 0 Å². The summed E-state index contributed by atoms with van der Waals surface area (Å²) in [7, 11) is -3.71. The van der Waals surface area contributed by atoms with Crippen LogP contribution in [0.4, 0.5) is 5.69 Å². The molecule has 0 aliphatic heterocycles. The van der Waals surface area contributed by atoms with E-state index in [1.807, 2.05) is 13.0 Å². The molecule has 0 heterocycles. The number of para-hydroxylation sites is 1. The maximum atomic E-state index is 12.2. The molecule has 1 N–H and O–H groups in total. The topological polar surface area (TPSA) is 87.0 Å². The van der Waals surface area contributed by atoms with Crippen molar-refractivity contribution in [3.05, 3.63) is 59.7 Å². The van der Waals surface area contributed by atoms with E-state index in [1.54, 1.807) is 36.4 Å². The van der Waals surface area contributed by atoms with Crippen LogP contribution < -0.4 is 5.32 Å². The minimum atomic E-state index is -3.71. The smallest absolute Gasteiger partial charge is 0.239 e. The quantitative estimate of drug-likeness (QED) is 0.938. The Bertz CT molecular complexity index is 834. The largest absolute Gasteiger partial charge is 0.324 e. The van der Waals surface area contributed by atoms with Gasteiger partial charge in [0.1, 0.15) is 11.8 Å². The number of nitrogens with one attached hydrogen (secondary N) is 1. The molecule has 0 unspecified atom stereocenters. The molecule has 0 aliphatic rings. The lowest BCUT2D eigenvalue weighted by Crippen LogP contribution is -2.23. The number of anilines is 1. The molecule has 2 rings (SSSR count). The molecule has 0 saturated carbocycles. The number of sulfone groups is 1. The van der Waals surface area contributed by atoms with Gasteiger partial charge in [0.15, 0.2) is 9.84 Å². The van der Waals surface area contributed by atoms with Crippen molar-refractivity contribution in [2.24, 2.45) is 0 Å². The molecule has 6 heteroatoms. The molecule has 0 aliphatic carbocycles. The first-order valence-corrected chi connectivity index (χ1v) is 8.16. The third-order valence-electron chi connectivity index (χ3n) is 3.02. The van der Waals surface area contributed by atoms with Crippen LogP contribution in [0.5, 0.6) is 0 Å². The van der Waals surface area contributed by atoms with Gasteiger partial charge in [0.2, 0.25) is 5.91 Å². The predicted molar refractivity (Wildman–Crippen MR) is 83.0 cm³/mol. The summed E-state index contributed by atoms with van der Waals surface area (Å²) < 4.78 is 24.3. The van der Waals surface area contributed by atoms with Gasteiger partial charge in [0, 0.05) is 0 Å². The number of carbonyl (C=O) groups excluding carboxylic acids is 1. The van der Waals surface area contributed by atoms with Crippen molar-refractivity contribution >= 4 is 21.4 Å². The Morgan fingerprint density at radius 2 is 1.77 bits per heavy atom. The Hall–Kier alpha value is -2.65. The number of amides is 1. The fourth-order valence-corrected chi connectivity index (χ4v) is 3.01. The molecule has 22 heavy (non-hydrogen) atoms. The summed E-state index contributed by atoms with van der Waals surface area (Å²) in [5.41, 5.74) is 1.52. The molecule has 0 atom stereocenters. The van der Waals surface area contributed by atoms with Gasteiger partial charge in [-0.15, -0.1) is 0 Å². The average Bonchev–Trinajstić information content (AvgIpc) is 2.47. The zero-order valence-corrected chi connectivity index (χ0v) is 12.7. The number of rotatable bonds is 4. The van der Waals surface area contributed by atoms with Gasteiger partial charge in [-0.2, -0.15) is 5.26 Å². The normalized spacial score (nSPS) is 10.7. The van der Waals surface area contributed by atoms with Crippen LogP contribution in [0.15, 0.2) is 53.4 Å². The molecular weight excluding hydrogens is 300 g/mol. The first-order chi connectivity index (χ1) is 10.4. The van der Waals surface area contributed by atoms with Gasteiger partial charge in [0.05, 0.1) is 16.1 Å². The molecule has 0 saturated heterocycles. The van der Waals surface area contributed by atoms with E-state index in [0.29, 0.717) is 5.69 Å². The number of aryl methyl sites for hydroxylation is 1. The molecule has 0 aromatic heterocycles. The van der Waals surface area contributed by atoms with Crippen LogP contribution in [0.25, 0.3) is 0 Å². The summed E-state index contributed by atoms with van der Waals surface area (Å²) in [6.07, 6.45) is 0. The maximum Gasteiger partial charge on any atom is 0.239 e. The van der Waals surface area contributed by atoms with E-state index in [4.69, 9.17) is 5.26 Å². The van der Waals surface area contributed by atoms with Crippen LogP contribution in [0.1, 0.15) is 11.1 Å². The Morgan fingerprint density at radius 3 is 2.41 bits per heavy atom. The van der Waals surface area contributed by atoms with E-state index in [2.05, 4.69) is 5.32 Å². The minimum absolute atomic E-state index is 0.0989. The lowest BCUT2D eigenvalue weighted by molar-refractivity contribution is -0.113. The molecule has 2 aromatic rings. The standard InChI is InChI=1S/C16H14N2O3S/c1-12-6-8-14(9-7-12)22(20,21)11-16(19)18-15-5-3-2-4-13(15)10-17/h2-9H,11H2,1H3,(H,18,19). The molecule has 0 radical (unpaired) electrons. The van der Waals surface area contributed by atoms with Crippen molar-refractivity contribution in [1.29, 1.82) is 5.26 Å². The second-order valence-corrected chi connectivity index (χ2v) is 6.77. The summed E-state index contributed by atoms with van der Waals surface area (Å²) >= 11 is 0. The Balaban J connectivity index is 2.15. The second kappa shape index (κ2) is 6.41. The fraction of sp³-hybridized carbons (Fsp3) is 0.125. The highest BCUT2D eigenvalue weighted by Crippen LogP contribution is 2.15. The lowest BCUT2D eigenvalue weighted by Gasteiger charge is -2.08. The Labute approximate surface area is 129 Å². The van der Waals surface area contributed by atoms with Gasteiger partial charge < -0.3 is 5.32 Å². The van der Waals surface area contributed by atoms with Crippen molar-refractivity contribution < 1.29 is 13.2 Å². The van der Waals surface area contributed by atoms with E-state index in [1.165, 1.54) is 12.1 Å². The first-order valence-electron chi connectivity index (χ1n) is 6.51. The predicted octanol–water partition coefficient (Wildman–Crippen LogP) is 2.28. The Kier molecular flexibility index (Phi) is 4.59. The fourth-order valence-electron chi connectivity index (χ4n) is 1.88. The van der Waals surface area contributed by atoms with Crippen LogP contribution in [0.3, 0.4) is 0 Å². The summed E-state index contributed by atoms with van der Waals surface area (Å²) in [6.45, 7) is 1.85. The zero-order chi connectivity index (χ0) is 16.2. The summed E-state index contributed by atoms with van der Waals surface area (Å²) in [4.78, 5) is 12.0. The van der Waals surface area contributed by atoms with Gasteiger partial charge in [-0.3, -0.25) is 4.79 Å². The number of hydrogen-bond acceptors (Lipinski definition) is 4. The van der Waals surface area contributed by atoms with Crippen LogP contribution in [0, 0.1) is 18.3 Å². The number of benzene rings is 2. The van der Waals surface area contributed by atoms with E-state index < -0.39 is 21.5 Å². The number of nitrogens with zero attached hydrogens (tertiary/aromatic N) is 1. The summed E-state index contributed by atoms with van der Waals surface area (Å²) in [5, 5.41) is 11.4. The first kappa shape index (κ1) is 15.7. The van der Waals surface area contributed by atoms with E-state index in [9.17, 15) is 13.2 Å². The van der Waals surface area contributed by atoms with Crippen LogP contribution >= 0.6 is 0 Å². The molecule has 0 spiro atoms. The maximum absolute atomic E-state index is 12.2. The van der Waals surface area contributed by atoms with Crippen molar-refractivity contribution in [2.45, 2.75) is 11.8 Å². The van der Waals surface area contributed by atoms with Crippen molar-refractivity contribution in [3.8, 4) is 6.07 Å². The van der Waals surface area contributed by atoms with Crippen LogP contribution in [0.2, 0.25) is 0 Å². The number of carbonyl (C=O) groups is 1. The van der Waals surface area contributed by atoms with Gasteiger partial charge in [-0.05, 0) is 31.2 Å². The highest BCUT2D eigenvalue weighted by molar-refractivity contribution is 7.92.